The van der Waals surface area contributed by atoms with E-state index in [0.717, 1.165) is 5.56 Å². The molecule has 0 saturated carbocycles. The third-order valence-electron chi connectivity index (χ3n) is 3.73. The van der Waals surface area contributed by atoms with Crippen molar-refractivity contribution in [3.8, 4) is 5.75 Å². The van der Waals surface area contributed by atoms with Crippen LogP contribution in [0.5, 0.6) is 5.75 Å². The highest BCUT2D eigenvalue weighted by Crippen LogP contribution is 2.28. The maximum absolute atomic E-state index is 13.0. The lowest BCUT2D eigenvalue weighted by Crippen LogP contribution is -2.32. The first-order valence-electron chi connectivity index (χ1n) is 7.74. The Hall–Kier alpha value is -2.42. The second kappa shape index (κ2) is 7.86. The van der Waals surface area contributed by atoms with E-state index in [1.165, 1.54) is 36.4 Å². The van der Waals surface area contributed by atoms with E-state index in [-0.39, 0.29) is 17.2 Å². The summed E-state index contributed by atoms with van der Waals surface area (Å²) in [4.78, 5) is 1.40. The van der Waals surface area contributed by atoms with Crippen molar-refractivity contribution in [1.29, 1.82) is 0 Å². The zero-order valence-electron chi connectivity index (χ0n) is 13.9. The molecule has 3 aromatic rings. The lowest BCUT2D eigenvalue weighted by Gasteiger charge is -2.20. The van der Waals surface area contributed by atoms with Gasteiger partial charge in [0.2, 0.25) is 10.0 Å². The highest BCUT2D eigenvalue weighted by molar-refractivity contribution is 7.89. The molecule has 7 nitrogen and oxygen atoms in total. The highest BCUT2D eigenvalue weighted by Gasteiger charge is 2.25. The van der Waals surface area contributed by atoms with Crippen LogP contribution in [0.15, 0.2) is 65.8 Å². The Balaban J connectivity index is 1.96. The summed E-state index contributed by atoms with van der Waals surface area (Å²) < 4.78 is 33.8. The first kappa shape index (κ1) is 18.4. The van der Waals surface area contributed by atoms with Gasteiger partial charge in [0.05, 0.1) is 32.1 Å². The van der Waals surface area contributed by atoms with Crippen molar-refractivity contribution in [2.75, 3.05) is 7.11 Å². The molecule has 0 spiro atoms. The van der Waals surface area contributed by atoms with Gasteiger partial charge in [0.1, 0.15) is 10.6 Å². The van der Waals surface area contributed by atoms with Gasteiger partial charge in [-0.3, -0.25) is 0 Å². The molecule has 2 aromatic carbocycles. The first-order chi connectivity index (χ1) is 12.5. The zero-order valence-corrected chi connectivity index (χ0v) is 15.5. The normalized spacial score (nSPS) is 12.7. The molecule has 1 atom stereocenters. The number of nitrogens with one attached hydrogen (secondary N) is 1. The minimum atomic E-state index is -3.90. The van der Waals surface area contributed by atoms with Gasteiger partial charge in [0.25, 0.3) is 0 Å². The summed E-state index contributed by atoms with van der Waals surface area (Å²) in [6.07, 6.45) is 3.08. The average Bonchev–Trinajstić information content (AvgIpc) is 3.15. The number of hydrogen-bond donors (Lipinski definition) is 1. The summed E-state index contributed by atoms with van der Waals surface area (Å²) in [5, 5.41) is 8.42. The van der Waals surface area contributed by atoms with E-state index >= 15 is 0 Å². The van der Waals surface area contributed by atoms with Gasteiger partial charge >= 0.3 is 0 Å². The lowest BCUT2D eigenvalue weighted by atomic mass is 10.1. The fourth-order valence-electron chi connectivity index (χ4n) is 2.51. The van der Waals surface area contributed by atoms with Gasteiger partial charge in [0.15, 0.2) is 0 Å². The molecule has 0 aliphatic rings. The fraction of sp³-hybridized carbons (Fsp3) is 0.176. The topological polar surface area (TPSA) is 86.1 Å². The molecular formula is C17H17ClN4O3S. The molecule has 3 rings (SSSR count). The largest absolute Gasteiger partial charge is 0.495 e. The molecule has 0 radical (unpaired) electrons. The number of ether oxygens (including phenoxy) is 1. The molecule has 0 unspecified atom stereocenters. The number of benzene rings is 2. The van der Waals surface area contributed by atoms with Crippen LogP contribution in [0, 0.1) is 0 Å². The molecule has 0 aliphatic heterocycles. The molecule has 1 N–H and O–H groups in total. The molecule has 136 valence electrons. The third kappa shape index (κ3) is 4.21. The molecule has 0 saturated heterocycles. The van der Waals surface area contributed by atoms with Crippen LogP contribution in [0.3, 0.4) is 0 Å². The van der Waals surface area contributed by atoms with Crippen molar-refractivity contribution >= 4 is 21.6 Å². The van der Waals surface area contributed by atoms with E-state index in [1.807, 2.05) is 30.3 Å². The minimum Gasteiger partial charge on any atom is -0.495 e. The van der Waals surface area contributed by atoms with E-state index in [9.17, 15) is 8.42 Å². The second-order valence-electron chi connectivity index (χ2n) is 5.46. The van der Waals surface area contributed by atoms with Gasteiger partial charge in [-0.05, 0) is 23.8 Å². The summed E-state index contributed by atoms with van der Waals surface area (Å²) in [5.74, 6) is 0.214. The molecule has 0 amide bonds. The molecular weight excluding hydrogens is 376 g/mol. The third-order valence-corrected chi connectivity index (χ3v) is 5.45. The van der Waals surface area contributed by atoms with Crippen LogP contribution in [-0.2, 0) is 16.6 Å². The van der Waals surface area contributed by atoms with Crippen LogP contribution >= 0.6 is 11.6 Å². The Labute approximate surface area is 156 Å². The quantitative estimate of drug-likeness (QED) is 0.668. The summed E-state index contributed by atoms with van der Waals surface area (Å²) in [6, 6.07) is 13.1. The smallest absolute Gasteiger partial charge is 0.244 e. The van der Waals surface area contributed by atoms with Gasteiger partial charge in [-0.25, -0.2) is 13.1 Å². The average molecular weight is 393 g/mol. The Morgan fingerprint density at radius 2 is 1.85 bits per heavy atom. The lowest BCUT2D eigenvalue weighted by molar-refractivity contribution is 0.400. The number of rotatable bonds is 7. The van der Waals surface area contributed by atoms with Crippen molar-refractivity contribution in [2.24, 2.45) is 0 Å². The van der Waals surface area contributed by atoms with Gasteiger partial charge in [0, 0.05) is 5.02 Å². The Morgan fingerprint density at radius 3 is 2.50 bits per heavy atom. The SMILES string of the molecule is COc1ccc(Cl)cc1S(=O)(=O)N[C@@H](Cn1nccn1)c1ccccc1. The summed E-state index contributed by atoms with van der Waals surface area (Å²) in [6.45, 7) is 0.235. The zero-order chi connectivity index (χ0) is 18.6. The second-order valence-corrected chi connectivity index (χ2v) is 7.58. The Kier molecular flexibility index (Phi) is 5.55. The number of nitrogens with zero attached hydrogens (tertiary/aromatic N) is 3. The van der Waals surface area contributed by atoms with E-state index in [1.54, 1.807) is 6.07 Å². The van der Waals surface area contributed by atoms with Crippen LogP contribution < -0.4 is 9.46 Å². The van der Waals surface area contributed by atoms with Crippen LogP contribution in [0.2, 0.25) is 5.02 Å². The van der Waals surface area contributed by atoms with Gasteiger partial charge in [-0.2, -0.15) is 15.0 Å². The number of methoxy groups -OCH3 is 1. The molecule has 0 aliphatic carbocycles. The molecule has 0 bridgehead atoms. The molecule has 0 fully saturated rings. The van der Waals surface area contributed by atoms with E-state index < -0.39 is 16.1 Å². The van der Waals surface area contributed by atoms with Crippen LogP contribution in [0.4, 0.5) is 0 Å². The van der Waals surface area contributed by atoms with Crippen molar-refractivity contribution in [1.82, 2.24) is 19.7 Å². The minimum absolute atomic E-state index is 0.0261. The summed E-state index contributed by atoms with van der Waals surface area (Å²) >= 11 is 5.98. The van der Waals surface area contributed by atoms with E-state index in [4.69, 9.17) is 16.3 Å². The number of sulfonamides is 1. The van der Waals surface area contributed by atoms with Crippen molar-refractivity contribution in [3.05, 3.63) is 71.5 Å². The van der Waals surface area contributed by atoms with Crippen molar-refractivity contribution < 1.29 is 13.2 Å². The summed E-state index contributed by atoms with van der Waals surface area (Å²) in [7, 11) is -2.50. The standard InChI is InChI=1S/C17H17ClN4O3S/c1-25-16-8-7-14(18)11-17(16)26(23,24)21-15(12-22-19-9-10-20-22)13-5-3-2-4-6-13/h2-11,15,21H,12H2,1H3/t15-/m0/s1. The van der Waals surface area contributed by atoms with E-state index in [2.05, 4.69) is 14.9 Å². The molecule has 9 heteroatoms. The fourth-order valence-corrected chi connectivity index (χ4v) is 4.16. The predicted octanol–water partition coefficient (Wildman–Crippen LogP) is 2.66. The van der Waals surface area contributed by atoms with Gasteiger partial charge in [-0.15, -0.1) is 0 Å². The summed E-state index contributed by atoms with van der Waals surface area (Å²) in [5.41, 5.74) is 0.786. The Morgan fingerprint density at radius 1 is 1.15 bits per heavy atom. The van der Waals surface area contributed by atoms with Crippen LogP contribution in [-0.4, -0.2) is 30.5 Å². The monoisotopic (exact) mass is 392 g/mol. The maximum Gasteiger partial charge on any atom is 0.244 e. The van der Waals surface area contributed by atoms with Gasteiger partial charge < -0.3 is 4.74 Å². The van der Waals surface area contributed by atoms with Gasteiger partial charge in [-0.1, -0.05) is 41.9 Å². The number of halogens is 1. The number of aromatic nitrogens is 3. The molecule has 26 heavy (non-hydrogen) atoms. The first-order valence-corrected chi connectivity index (χ1v) is 9.60. The van der Waals surface area contributed by atoms with Crippen LogP contribution in [0.1, 0.15) is 11.6 Å². The number of hydrogen-bond acceptors (Lipinski definition) is 5. The van der Waals surface area contributed by atoms with Crippen molar-refractivity contribution in [2.45, 2.75) is 17.5 Å². The van der Waals surface area contributed by atoms with Crippen LogP contribution in [0.25, 0.3) is 0 Å². The molecule has 1 heterocycles. The predicted molar refractivity (Wildman–Crippen MR) is 97.5 cm³/mol. The van der Waals surface area contributed by atoms with Crippen molar-refractivity contribution in [3.63, 3.8) is 0 Å². The molecule has 1 aromatic heterocycles. The Bertz CT molecular complexity index is 963. The highest BCUT2D eigenvalue weighted by atomic mass is 35.5. The maximum atomic E-state index is 13.0. The van der Waals surface area contributed by atoms with E-state index in [0.29, 0.717) is 5.02 Å².